The molecule has 0 fully saturated rings. The van der Waals surface area contributed by atoms with Crippen molar-refractivity contribution in [2.75, 3.05) is 65.2 Å². The number of aryl methyl sites for hydroxylation is 1. The molecule has 126 valence electrons. The molecule has 0 unspecified atom stereocenters. The lowest BCUT2D eigenvalue weighted by atomic mass is 10.4. The molecule has 0 bridgehead atoms. The van der Waals surface area contributed by atoms with Crippen molar-refractivity contribution >= 4 is 11.9 Å². The fourth-order valence-corrected chi connectivity index (χ4v) is 1.77. The second-order valence-electron chi connectivity index (χ2n) is 4.46. The first-order valence-electron chi connectivity index (χ1n) is 6.90. The van der Waals surface area contributed by atoms with Gasteiger partial charge in [-0.15, -0.1) is 0 Å². The maximum Gasteiger partial charge on any atom is 0.234 e. The van der Waals surface area contributed by atoms with E-state index in [9.17, 15) is 0 Å². The van der Waals surface area contributed by atoms with Crippen LogP contribution < -0.4 is 9.80 Å². The first-order valence-corrected chi connectivity index (χ1v) is 6.90. The van der Waals surface area contributed by atoms with E-state index in [0.717, 1.165) is 0 Å². The Morgan fingerprint density at radius 1 is 0.682 bits per heavy atom. The molecule has 0 aliphatic heterocycles. The molecule has 0 amide bonds. The number of methoxy groups -OCH3 is 4. The van der Waals surface area contributed by atoms with Crippen molar-refractivity contribution in [1.29, 1.82) is 0 Å². The molecule has 0 radical (unpaired) electrons. The molecule has 1 rings (SSSR count). The van der Waals surface area contributed by atoms with Crippen LogP contribution in [-0.4, -0.2) is 70.3 Å². The zero-order valence-electron chi connectivity index (χ0n) is 13.9. The normalized spacial score (nSPS) is 10.8. The Balaban J connectivity index is 3.14. The van der Waals surface area contributed by atoms with Gasteiger partial charge >= 0.3 is 0 Å². The van der Waals surface area contributed by atoms with Gasteiger partial charge in [0.05, 0.1) is 0 Å². The number of anilines is 2. The third kappa shape index (κ3) is 5.34. The van der Waals surface area contributed by atoms with Crippen LogP contribution >= 0.6 is 0 Å². The van der Waals surface area contributed by atoms with E-state index < -0.39 is 0 Å². The van der Waals surface area contributed by atoms with Crippen molar-refractivity contribution in [3.8, 4) is 0 Å². The standard InChI is InChI=1S/C13H25N5O4/c1-6-11-14-12(17(7-19-2)8-20-3)16-13(15-11)18(9-21-4)10-22-5/h6-10H2,1-5H3. The Morgan fingerprint density at radius 2 is 1.05 bits per heavy atom. The molecule has 1 aromatic rings. The largest absolute Gasteiger partial charge is 0.364 e. The molecule has 22 heavy (non-hydrogen) atoms. The Kier molecular flexibility index (Phi) is 8.60. The first-order chi connectivity index (χ1) is 10.7. The van der Waals surface area contributed by atoms with Gasteiger partial charge in [-0.2, -0.15) is 15.0 Å². The maximum atomic E-state index is 5.16. The molecular weight excluding hydrogens is 290 g/mol. The molecular formula is C13H25N5O4. The van der Waals surface area contributed by atoms with Crippen molar-refractivity contribution in [3.05, 3.63) is 5.82 Å². The van der Waals surface area contributed by atoms with Crippen LogP contribution in [0.4, 0.5) is 11.9 Å². The maximum absolute atomic E-state index is 5.16. The predicted octanol–water partition coefficient (Wildman–Crippen LogP) is 0.462. The first kappa shape index (κ1) is 18.5. The van der Waals surface area contributed by atoms with E-state index >= 15 is 0 Å². The SMILES string of the molecule is CCc1nc(N(COC)COC)nc(N(COC)COC)n1. The minimum atomic E-state index is 0.314. The van der Waals surface area contributed by atoms with Gasteiger partial charge in [-0.3, -0.25) is 9.80 Å². The summed E-state index contributed by atoms with van der Waals surface area (Å²) in [5, 5.41) is 0. The molecule has 0 aliphatic carbocycles. The van der Waals surface area contributed by atoms with Gasteiger partial charge in [0.25, 0.3) is 0 Å². The number of ether oxygens (including phenoxy) is 4. The molecule has 0 aliphatic rings. The van der Waals surface area contributed by atoms with Crippen LogP contribution in [0.3, 0.4) is 0 Å². The molecule has 0 atom stereocenters. The fourth-order valence-electron chi connectivity index (χ4n) is 1.77. The average Bonchev–Trinajstić information content (AvgIpc) is 2.54. The van der Waals surface area contributed by atoms with E-state index in [4.69, 9.17) is 18.9 Å². The Morgan fingerprint density at radius 3 is 1.32 bits per heavy atom. The lowest BCUT2D eigenvalue weighted by molar-refractivity contribution is 0.136. The molecule has 0 N–H and O–H groups in total. The molecule has 0 saturated heterocycles. The van der Waals surface area contributed by atoms with Crippen molar-refractivity contribution in [3.63, 3.8) is 0 Å². The van der Waals surface area contributed by atoms with Crippen LogP contribution in [0.2, 0.25) is 0 Å². The van der Waals surface area contributed by atoms with Crippen LogP contribution in [0.1, 0.15) is 12.7 Å². The molecule has 0 aromatic carbocycles. The molecule has 0 saturated carbocycles. The third-order valence-electron chi connectivity index (χ3n) is 2.68. The van der Waals surface area contributed by atoms with Crippen LogP contribution in [0.25, 0.3) is 0 Å². The van der Waals surface area contributed by atoms with Gasteiger partial charge in [0.2, 0.25) is 11.9 Å². The van der Waals surface area contributed by atoms with E-state index in [1.807, 2.05) is 6.92 Å². The van der Waals surface area contributed by atoms with Crippen LogP contribution in [0.5, 0.6) is 0 Å². The number of aromatic nitrogens is 3. The number of hydrogen-bond donors (Lipinski definition) is 0. The summed E-state index contributed by atoms with van der Waals surface area (Å²) in [4.78, 5) is 16.9. The second-order valence-corrected chi connectivity index (χ2v) is 4.46. The highest BCUT2D eigenvalue weighted by molar-refractivity contribution is 5.38. The van der Waals surface area contributed by atoms with Gasteiger partial charge < -0.3 is 18.9 Å². The van der Waals surface area contributed by atoms with Gasteiger partial charge in [0.1, 0.15) is 32.7 Å². The van der Waals surface area contributed by atoms with Crippen molar-refractivity contribution in [2.24, 2.45) is 0 Å². The van der Waals surface area contributed by atoms with Crippen molar-refractivity contribution in [2.45, 2.75) is 13.3 Å². The van der Waals surface area contributed by atoms with Gasteiger partial charge in [0, 0.05) is 34.9 Å². The fraction of sp³-hybridized carbons (Fsp3) is 0.769. The minimum absolute atomic E-state index is 0.314. The number of rotatable bonds is 11. The lowest BCUT2D eigenvalue weighted by Gasteiger charge is -2.24. The summed E-state index contributed by atoms with van der Waals surface area (Å²) < 4.78 is 20.6. The van der Waals surface area contributed by atoms with Gasteiger partial charge in [-0.1, -0.05) is 6.92 Å². The zero-order chi connectivity index (χ0) is 16.4. The summed E-state index contributed by atoms with van der Waals surface area (Å²) in [6, 6.07) is 0. The quantitative estimate of drug-likeness (QED) is 0.541. The highest BCUT2D eigenvalue weighted by Crippen LogP contribution is 2.15. The monoisotopic (exact) mass is 315 g/mol. The topological polar surface area (TPSA) is 82.1 Å². The van der Waals surface area contributed by atoms with Gasteiger partial charge in [0.15, 0.2) is 0 Å². The summed E-state index contributed by atoms with van der Waals surface area (Å²) >= 11 is 0. The minimum Gasteiger partial charge on any atom is -0.364 e. The van der Waals surface area contributed by atoms with Crippen LogP contribution in [0.15, 0.2) is 0 Å². The van der Waals surface area contributed by atoms with Crippen molar-refractivity contribution < 1.29 is 18.9 Å². The van der Waals surface area contributed by atoms with Gasteiger partial charge in [-0.25, -0.2) is 0 Å². The van der Waals surface area contributed by atoms with E-state index in [2.05, 4.69) is 15.0 Å². The molecule has 0 spiro atoms. The summed E-state index contributed by atoms with van der Waals surface area (Å²) in [5.41, 5.74) is 0. The smallest absolute Gasteiger partial charge is 0.234 e. The van der Waals surface area contributed by atoms with Crippen LogP contribution in [0, 0.1) is 0 Å². The second kappa shape index (κ2) is 10.2. The van der Waals surface area contributed by atoms with Crippen molar-refractivity contribution in [1.82, 2.24) is 15.0 Å². The molecule has 9 heteroatoms. The average molecular weight is 315 g/mol. The van der Waals surface area contributed by atoms with E-state index in [1.165, 1.54) is 0 Å². The number of hydrogen-bond acceptors (Lipinski definition) is 9. The third-order valence-corrected chi connectivity index (χ3v) is 2.68. The lowest BCUT2D eigenvalue weighted by Crippen LogP contribution is -2.33. The summed E-state index contributed by atoms with van der Waals surface area (Å²) in [7, 11) is 6.42. The zero-order valence-corrected chi connectivity index (χ0v) is 13.9. The molecule has 1 aromatic heterocycles. The Labute approximate surface area is 131 Å². The Bertz CT molecular complexity index is 389. The summed E-state index contributed by atoms with van der Waals surface area (Å²) in [6.45, 7) is 3.24. The summed E-state index contributed by atoms with van der Waals surface area (Å²) in [6.07, 6.45) is 0.685. The highest BCUT2D eigenvalue weighted by Gasteiger charge is 2.16. The Hall–Kier alpha value is -1.55. The summed E-state index contributed by atoms with van der Waals surface area (Å²) in [5.74, 6) is 1.65. The van der Waals surface area contributed by atoms with E-state index in [-0.39, 0.29) is 0 Å². The number of nitrogens with zero attached hydrogens (tertiary/aromatic N) is 5. The van der Waals surface area contributed by atoms with Gasteiger partial charge in [-0.05, 0) is 0 Å². The predicted molar refractivity (Wildman–Crippen MR) is 81.7 cm³/mol. The van der Waals surface area contributed by atoms with Crippen LogP contribution in [-0.2, 0) is 25.4 Å². The molecule has 9 nitrogen and oxygen atoms in total. The molecule has 1 heterocycles. The van der Waals surface area contributed by atoms with E-state index in [0.29, 0.717) is 51.1 Å². The highest BCUT2D eigenvalue weighted by atomic mass is 16.5. The van der Waals surface area contributed by atoms with E-state index in [1.54, 1.807) is 38.2 Å².